The molecule has 13 nitrogen and oxygen atoms in total. The summed E-state index contributed by atoms with van der Waals surface area (Å²) in [5, 5.41) is 14.6. The summed E-state index contributed by atoms with van der Waals surface area (Å²) >= 11 is 0. The zero-order chi connectivity index (χ0) is 35.4. The van der Waals surface area contributed by atoms with Crippen LogP contribution in [0.15, 0.2) is 85.2 Å². The molecule has 1 heterocycles. The first-order valence-electron chi connectivity index (χ1n) is 17.0. The number of pyridine rings is 1. The molecule has 0 aliphatic rings. The molecule has 0 aliphatic carbocycles. The fourth-order valence-electron chi connectivity index (χ4n) is 5.24. The Morgan fingerprint density at radius 1 is 0.673 bits per heavy atom. The predicted octanol–water partition coefficient (Wildman–Crippen LogP) is -0.708. The number of nitrogens with one attached hydrogen (secondary N) is 5. The molecular formula is C36H53N9O4+2. The Balaban J connectivity index is 1.74. The van der Waals surface area contributed by atoms with E-state index in [0.29, 0.717) is 38.6 Å². The Morgan fingerprint density at radius 3 is 1.80 bits per heavy atom. The minimum absolute atomic E-state index is 0.222. The van der Waals surface area contributed by atoms with Gasteiger partial charge in [-0.3, -0.25) is 35.2 Å². The third kappa shape index (κ3) is 14.5. The summed E-state index contributed by atoms with van der Waals surface area (Å²) in [4.78, 5) is 58.3. The van der Waals surface area contributed by atoms with Crippen molar-refractivity contribution in [1.82, 2.24) is 31.6 Å². The monoisotopic (exact) mass is 675 g/mol. The van der Waals surface area contributed by atoms with E-state index in [9.17, 15) is 19.2 Å². The average Bonchev–Trinajstić information content (AvgIpc) is 3.10. The molecule has 49 heavy (non-hydrogen) atoms. The molecule has 0 aliphatic heterocycles. The lowest BCUT2D eigenvalue weighted by molar-refractivity contribution is -0.427. The maximum Gasteiger partial charge on any atom is 0.279 e. The van der Waals surface area contributed by atoms with E-state index < -0.39 is 42.3 Å². The van der Waals surface area contributed by atoms with Gasteiger partial charge in [-0.1, -0.05) is 80.4 Å². The number of amides is 4. The molecule has 0 fully saturated rings. The van der Waals surface area contributed by atoms with Crippen molar-refractivity contribution in [2.75, 3.05) is 6.54 Å². The molecule has 1 unspecified atom stereocenters. The quantitative estimate of drug-likeness (QED) is 0.0535. The number of rotatable bonds is 21. The normalized spacial score (nSPS) is 14.0. The number of carbonyl (C=O) groups excluding carboxylic acids is 4. The number of carbonyl (C=O) groups is 4. The Labute approximate surface area is 288 Å². The second-order valence-electron chi connectivity index (χ2n) is 12.2. The van der Waals surface area contributed by atoms with Gasteiger partial charge < -0.3 is 32.7 Å². The molecule has 3 rings (SSSR count). The van der Waals surface area contributed by atoms with E-state index in [-0.39, 0.29) is 24.8 Å². The maximum absolute atomic E-state index is 13.9. The SMILES string of the molecule is CCCC[C@@H](NC(=O)[C@@H](Cc1ccccc1)NC(=O)[C@H]([NH3+])Cc1ccccc1)C(=O)N[C@H](CCCNC(N)[NH3+])C(=O)NCc1ccncc1. The van der Waals surface area contributed by atoms with Gasteiger partial charge in [-0.2, -0.15) is 0 Å². The summed E-state index contributed by atoms with van der Waals surface area (Å²) < 4.78 is 0. The first-order valence-corrected chi connectivity index (χ1v) is 17.0. The smallest absolute Gasteiger partial charge is 0.279 e. The van der Waals surface area contributed by atoms with Crippen molar-refractivity contribution in [3.8, 4) is 0 Å². The number of nitrogens with two attached hydrogens (primary N) is 1. The van der Waals surface area contributed by atoms with Crippen LogP contribution in [0, 0.1) is 0 Å². The van der Waals surface area contributed by atoms with E-state index >= 15 is 0 Å². The van der Waals surface area contributed by atoms with Gasteiger partial charge >= 0.3 is 0 Å². The Kier molecular flexibility index (Phi) is 16.9. The molecule has 0 bridgehead atoms. The highest BCUT2D eigenvalue weighted by molar-refractivity contribution is 5.94. The summed E-state index contributed by atoms with van der Waals surface area (Å²) in [7, 11) is 0. The molecule has 4 amide bonds. The van der Waals surface area contributed by atoms with Crippen molar-refractivity contribution in [2.45, 2.75) is 88.9 Å². The third-order valence-corrected chi connectivity index (χ3v) is 8.02. The second-order valence-corrected chi connectivity index (χ2v) is 12.2. The predicted molar refractivity (Wildman–Crippen MR) is 186 cm³/mol. The van der Waals surface area contributed by atoms with Crippen LogP contribution in [0.25, 0.3) is 0 Å². The van der Waals surface area contributed by atoms with Gasteiger partial charge in [0.25, 0.3) is 5.91 Å². The van der Waals surface area contributed by atoms with Crippen molar-refractivity contribution < 1.29 is 30.6 Å². The third-order valence-electron chi connectivity index (χ3n) is 8.02. The molecule has 0 saturated heterocycles. The van der Waals surface area contributed by atoms with Gasteiger partial charge in [0.1, 0.15) is 18.1 Å². The molecule has 0 radical (unpaired) electrons. The summed E-state index contributed by atoms with van der Waals surface area (Å²) in [5.74, 6) is -1.68. The molecule has 0 spiro atoms. The molecule has 1 aromatic heterocycles. The van der Waals surface area contributed by atoms with Crippen LogP contribution in [0.5, 0.6) is 0 Å². The lowest BCUT2D eigenvalue weighted by Crippen LogP contribution is -2.73. The van der Waals surface area contributed by atoms with Crippen molar-refractivity contribution in [2.24, 2.45) is 5.73 Å². The number of aromatic nitrogens is 1. The van der Waals surface area contributed by atoms with Crippen LogP contribution >= 0.6 is 0 Å². The molecule has 3 aromatic rings. The average molecular weight is 676 g/mol. The molecule has 13 N–H and O–H groups in total. The maximum atomic E-state index is 13.9. The van der Waals surface area contributed by atoms with E-state index in [4.69, 9.17) is 5.73 Å². The second kappa shape index (κ2) is 21.3. The van der Waals surface area contributed by atoms with E-state index in [1.54, 1.807) is 24.5 Å². The van der Waals surface area contributed by atoms with Crippen molar-refractivity contribution in [1.29, 1.82) is 0 Å². The van der Waals surface area contributed by atoms with Crippen LogP contribution in [0.2, 0.25) is 0 Å². The van der Waals surface area contributed by atoms with Gasteiger partial charge in [0.15, 0.2) is 12.3 Å². The van der Waals surface area contributed by atoms with Crippen molar-refractivity contribution in [3.05, 3.63) is 102 Å². The van der Waals surface area contributed by atoms with Crippen LogP contribution in [0.3, 0.4) is 0 Å². The van der Waals surface area contributed by atoms with Gasteiger partial charge in [-0.15, -0.1) is 0 Å². The number of quaternary nitrogens is 2. The first-order chi connectivity index (χ1) is 23.7. The van der Waals surface area contributed by atoms with Crippen LogP contribution in [0.1, 0.15) is 55.7 Å². The number of unbranched alkanes of at least 4 members (excludes halogenated alkanes) is 1. The fourth-order valence-corrected chi connectivity index (χ4v) is 5.24. The van der Waals surface area contributed by atoms with Gasteiger partial charge in [0.05, 0.1) is 0 Å². The molecule has 2 aromatic carbocycles. The summed E-state index contributed by atoms with van der Waals surface area (Å²) in [6.07, 6.45) is 6.15. The van der Waals surface area contributed by atoms with Gasteiger partial charge in [-0.05, 0) is 48.1 Å². The minimum atomic E-state index is -0.954. The fraction of sp³-hybridized carbons (Fsp3) is 0.417. The minimum Gasteiger partial charge on any atom is -0.350 e. The molecular weight excluding hydrogens is 622 g/mol. The number of hydrogen-bond donors (Lipinski definition) is 8. The molecule has 264 valence electrons. The summed E-state index contributed by atoms with van der Waals surface area (Å²) in [6.45, 7) is 2.76. The number of nitrogens with zero attached hydrogens (tertiary/aromatic N) is 1. The first kappa shape index (κ1) is 38.8. The lowest BCUT2D eigenvalue weighted by Gasteiger charge is -2.26. The molecule has 5 atom stereocenters. The van der Waals surface area contributed by atoms with E-state index in [1.165, 1.54) is 0 Å². The van der Waals surface area contributed by atoms with Crippen LogP contribution in [-0.4, -0.2) is 65.6 Å². The van der Waals surface area contributed by atoms with E-state index in [2.05, 4.69) is 43.0 Å². The standard InChI is InChI=1S/C36H51N9O4/c1-2-3-15-30(34(48)43-29(16-10-19-41-36(38)39)33(47)42-24-27-17-20-40-21-18-27)44-35(49)31(23-26-13-8-5-9-14-26)45-32(46)28(37)22-25-11-6-4-7-12-25/h4-9,11-14,17-18,20-21,28-31,36,41H,2-3,10,15-16,19,22-24,37-39H2,1H3,(H,42,47)(H,43,48)(H,44,49)(H,45,46)/p+2/t28-,29-,30-,31-/m1/s1. The van der Waals surface area contributed by atoms with E-state index in [0.717, 1.165) is 23.1 Å². The zero-order valence-electron chi connectivity index (χ0n) is 28.4. The highest BCUT2D eigenvalue weighted by Gasteiger charge is 2.31. The Bertz CT molecular complexity index is 1430. The number of hydrogen-bond acceptors (Lipinski definition) is 7. The highest BCUT2D eigenvalue weighted by Crippen LogP contribution is 2.09. The summed E-state index contributed by atoms with van der Waals surface area (Å²) in [6, 6.07) is 19.1. The van der Waals surface area contributed by atoms with E-state index in [1.807, 2.05) is 67.6 Å². The van der Waals surface area contributed by atoms with Crippen molar-refractivity contribution >= 4 is 23.6 Å². The lowest BCUT2D eigenvalue weighted by atomic mass is 10.0. The van der Waals surface area contributed by atoms with Crippen LogP contribution < -0.4 is 43.8 Å². The van der Waals surface area contributed by atoms with Crippen molar-refractivity contribution in [3.63, 3.8) is 0 Å². The molecule has 0 saturated carbocycles. The topological polar surface area (TPSA) is 223 Å². The Morgan fingerprint density at radius 2 is 1.20 bits per heavy atom. The largest absolute Gasteiger partial charge is 0.350 e. The highest BCUT2D eigenvalue weighted by atomic mass is 16.2. The Hall–Kier alpha value is -4.69. The van der Waals surface area contributed by atoms with Gasteiger partial charge in [0, 0.05) is 38.3 Å². The number of benzene rings is 2. The summed E-state index contributed by atoms with van der Waals surface area (Å²) in [5.41, 5.74) is 16.1. The molecule has 13 heteroatoms. The van der Waals surface area contributed by atoms with Gasteiger partial charge in [0.2, 0.25) is 17.7 Å². The van der Waals surface area contributed by atoms with Gasteiger partial charge in [-0.25, -0.2) is 0 Å². The zero-order valence-corrected chi connectivity index (χ0v) is 28.4. The van der Waals surface area contributed by atoms with Crippen LogP contribution in [-0.2, 0) is 38.6 Å². The van der Waals surface area contributed by atoms with Crippen LogP contribution in [0.4, 0.5) is 0 Å².